The Morgan fingerprint density at radius 1 is 1.33 bits per heavy atom. The van der Waals surface area contributed by atoms with E-state index in [1.165, 1.54) is 6.26 Å². The largest absolute Gasteiger partial charge is 0.381 e. The lowest BCUT2D eigenvalue weighted by molar-refractivity contribution is 0.0904. The first-order valence-electron chi connectivity index (χ1n) is 5.81. The number of nitrogens with one attached hydrogen (secondary N) is 1. The van der Waals surface area contributed by atoms with Crippen LogP contribution in [-0.4, -0.2) is 33.9 Å². The van der Waals surface area contributed by atoms with Gasteiger partial charge < -0.3 is 10.1 Å². The molecule has 1 heterocycles. The van der Waals surface area contributed by atoms with E-state index in [4.69, 9.17) is 4.74 Å². The number of anilines is 1. The molecular formula is C12H16BrNO3S. The first-order valence-corrected chi connectivity index (χ1v) is 8.49. The average Bonchev–Trinajstić information content (AvgIpc) is 2.32. The van der Waals surface area contributed by atoms with E-state index in [1.807, 2.05) is 0 Å². The number of hydrogen-bond donors (Lipinski definition) is 1. The molecule has 0 bridgehead atoms. The normalized spacial score (nSPS) is 17.7. The molecule has 100 valence electrons. The maximum atomic E-state index is 11.4. The van der Waals surface area contributed by atoms with Gasteiger partial charge >= 0.3 is 0 Å². The Balaban J connectivity index is 2.14. The van der Waals surface area contributed by atoms with E-state index in [2.05, 4.69) is 21.2 Å². The minimum Gasteiger partial charge on any atom is -0.381 e. The van der Waals surface area contributed by atoms with Crippen LogP contribution < -0.4 is 5.32 Å². The summed E-state index contributed by atoms with van der Waals surface area (Å²) >= 11 is 3.41. The first-order chi connectivity index (χ1) is 8.47. The number of benzene rings is 1. The van der Waals surface area contributed by atoms with Crippen molar-refractivity contribution in [1.29, 1.82) is 0 Å². The zero-order chi connectivity index (χ0) is 13.2. The molecule has 0 spiro atoms. The molecule has 1 saturated heterocycles. The predicted molar refractivity (Wildman–Crippen MR) is 74.7 cm³/mol. The molecule has 0 saturated carbocycles. The molecule has 1 N–H and O–H groups in total. The highest BCUT2D eigenvalue weighted by Crippen LogP contribution is 2.27. The Morgan fingerprint density at radius 3 is 2.56 bits per heavy atom. The highest BCUT2D eigenvalue weighted by atomic mass is 79.9. The van der Waals surface area contributed by atoms with Gasteiger partial charge in [-0.1, -0.05) is 0 Å². The van der Waals surface area contributed by atoms with Gasteiger partial charge in [0.25, 0.3) is 0 Å². The van der Waals surface area contributed by atoms with Crippen molar-refractivity contribution in [3.05, 3.63) is 22.7 Å². The Labute approximate surface area is 116 Å². The molecule has 1 aliphatic rings. The van der Waals surface area contributed by atoms with Crippen molar-refractivity contribution >= 4 is 31.5 Å². The highest BCUT2D eigenvalue weighted by molar-refractivity contribution is 9.10. The van der Waals surface area contributed by atoms with Gasteiger partial charge in [0, 0.05) is 35.7 Å². The standard InChI is InChI=1S/C12H16BrNO3S/c1-18(15,16)10-2-3-12(11(13)8-10)14-9-4-6-17-7-5-9/h2-3,8-9,14H,4-7H2,1H3. The van der Waals surface area contributed by atoms with Crippen LogP contribution in [0.5, 0.6) is 0 Å². The monoisotopic (exact) mass is 333 g/mol. The van der Waals surface area contributed by atoms with Crippen LogP contribution in [0.3, 0.4) is 0 Å². The van der Waals surface area contributed by atoms with E-state index in [0.717, 1.165) is 36.2 Å². The molecular weight excluding hydrogens is 318 g/mol. The van der Waals surface area contributed by atoms with Crippen molar-refractivity contribution in [1.82, 2.24) is 0 Å². The molecule has 1 aromatic carbocycles. The summed E-state index contributed by atoms with van der Waals surface area (Å²) in [7, 11) is -3.15. The summed E-state index contributed by atoms with van der Waals surface area (Å²) in [6.07, 6.45) is 3.15. The average molecular weight is 334 g/mol. The topological polar surface area (TPSA) is 55.4 Å². The molecule has 0 unspecified atom stereocenters. The Bertz CT molecular complexity index is 524. The van der Waals surface area contributed by atoms with Crippen LogP contribution in [0.1, 0.15) is 12.8 Å². The molecule has 0 amide bonds. The maximum absolute atomic E-state index is 11.4. The predicted octanol–water partition coefficient (Wildman–Crippen LogP) is 2.44. The number of rotatable bonds is 3. The van der Waals surface area contributed by atoms with Crippen LogP contribution in [0.4, 0.5) is 5.69 Å². The minimum atomic E-state index is -3.15. The van der Waals surface area contributed by atoms with Gasteiger partial charge in [0.2, 0.25) is 0 Å². The summed E-state index contributed by atoms with van der Waals surface area (Å²) in [5, 5.41) is 3.41. The fourth-order valence-electron chi connectivity index (χ4n) is 1.91. The number of halogens is 1. The summed E-state index contributed by atoms with van der Waals surface area (Å²) < 4.78 is 28.9. The van der Waals surface area contributed by atoms with Crippen molar-refractivity contribution in [3.63, 3.8) is 0 Å². The Hall–Kier alpha value is -0.590. The molecule has 18 heavy (non-hydrogen) atoms. The van der Waals surface area contributed by atoms with Crippen molar-refractivity contribution in [2.45, 2.75) is 23.8 Å². The maximum Gasteiger partial charge on any atom is 0.175 e. The Morgan fingerprint density at radius 2 is 2.00 bits per heavy atom. The van der Waals surface area contributed by atoms with Gasteiger partial charge in [0.15, 0.2) is 9.84 Å². The van der Waals surface area contributed by atoms with Crippen molar-refractivity contribution in [3.8, 4) is 0 Å². The van der Waals surface area contributed by atoms with Crippen LogP contribution in [-0.2, 0) is 14.6 Å². The number of ether oxygens (including phenoxy) is 1. The minimum absolute atomic E-state index is 0.326. The lowest BCUT2D eigenvalue weighted by Crippen LogP contribution is -2.27. The second-order valence-electron chi connectivity index (χ2n) is 4.44. The molecule has 4 nitrogen and oxygen atoms in total. The van der Waals surface area contributed by atoms with Gasteiger partial charge in [-0.2, -0.15) is 0 Å². The van der Waals surface area contributed by atoms with Crippen LogP contribution >= 0.6 is 15.9 Å². The Kier molecular flexibility index (Phi) is 4.29. The zero-order valence-electron chi connectivity index (χ0n) is 10.1. The molecule has 2 rings (SSSR count). The molecule has 1 aromatic rings. The number of hydrogen-bond acceptors (Lipinski definition) is 4. The summed E-state index contributed by atoms with van der Waals surface area (Å²) in [6.45, 7) is 1.55. The van der Waals surface area contributed by atoms with Crippen molar-refractivity contribution < 1.29 is 13.2 Å². The van der Waals surface area contributed by atoms with Crippen LogP contribution in [0, 0.1) is 0 Å². The molecule has 0 radical (unpaired) electrons. The molecule has 1 fully saturated rings. The highest BCUT2D eigenvalue weighted by Gasteiger charge is 2.15. The lowest BCUT2D eigenvalue weighted by Gasteiger charge is -2.24. The van der Waals surface area contributed by atoms with Gasteiger partial charge in [-0.3, -0.25) is 0 Å². The van der Waals surface area contributed by atoms with Crippen LogP contribution in [0.2, 0.25) is 0 Å². The fourth-order valence-corrected chi connectivity index (χ4v) is 3.20. The lowest BCUT2D eigenvalue weighted by atomic mass is 10.1. The van der Waals surface area contributed by atoms with Gasteiger partial charge in [0.1, 0.15) is 0 Å². The van der Waals surface area contributed by atoms with Gasteiger partial charge in [-0.25, -0.2) is 8.42 Å². The second kappa shape index (κ2) is 5.59. The third kappa shape index (κ3) is 3.46. The van der Waals surface area contributed by atoms with Crippen molar-refractivity contribution in [2.75, 3.05) is 24.8 Å². The molecule has 0 atom stereocenters. The van der Waals surface area contributed by atoms with Crippen molar-refractivity contribution in [2.24, 2.45) is 0 Å². The third-order valence-corrected chi connectivity index (χ3v) is 4.72. The van der Waals surface area contributed by atoms with E-state index in [1.54, 1.807) is 18.2 Å². The van der Waals surface area contributed by atoms with Crippen LogP contribution in [0.15, 0.2) is 27.6 Å². The quantitative estimate of drug-likeness (QED) is 0.923. The molecule has 1 aliphatic heterocycles. The third-order valence-electron chi connectivity index (χ3n) is 2.95. The summed E-state index contributed by atoms with van der Waals surface area (Å²) in [4.78, 5) is 0.326. The summed E-state index contributed by atoms with van der Waals surface area (Å²) in [5.41, 5.74) is 0.925. The van der Waals surface area contributed by atoms with E-state index in [9.17, 15) is 8.42 Å². The van der Waals surface area contributed by atoms with Gasteiger partial charge in [-0.15, -0.1) is 0 Å². The smallest absolute Gasteiger partial charge is 0.175 e. The molecule has 0 aliphatic carbocycles. The summed E-state index contributed by atoms with van der Waals surface area (Å²) in [5.74, 6) is 0. The number of sulfone groups is 1. The van der Waals surface area contributed by atoms with E-state index >= 15 is 0 Å². The van der Waals surface area contributed by atoms with Crippen LogP contribution in [0.25, 0.3) is 0 Å². The van der Waals surface area contributed by atoms with Gasteiger partial charge in [0.05, 0.1) is 4.90 Å². The van der Waals surface area contributed by atoms with Gasteiger partial charge in [-0.05, 0) is 47.0 Å². The SMILES string of the molecule is CS(=O)(=O)c1ccc(NC2CCOCC2)c(Br)c1. The first kappa shape index (κ1) is 13.8. The van der Waals surface area contributed by atoms with E-state index in [-0.39, 0.29) is 0 Å². The zero-order valence-corrected chi connectivity index (χ0v) is 12.6. The van der Waals surface area contributed by atoms with E-state index in [0.29, 0.717) is 10.9 Å². The molecule has 6 heteroatoms. The summed E-state index contributed by atoms with van der Waals surface area (Å²) in [6, 6.07) is 5.45. The second-order valence-corrected chi connectivity index (χ2v) is 7.31. The molecule has 0 aromatic heterocycles. The fraction of sp³-hybridized carbons (Fsp3) is 0.500. The van der Waals surface area contributed by atoms with E-state index < -0.39 is 9.84 Å².